The first kappa shape index (κ1) is 20.6. The molecule has 2 aromatic carbocycles. The normalized spacial score (nSPS) is 16.1. The van der Waals surface area contributed by atoms with Crippen molar-refractivity contribution in [3.05, 3.63) is 58.7 Å². The number of allylic oxidation sites excluding steroid dienone is 1. The highest BCUT2D eigenvalue weighted by Crippen LogP contribution is 2.47. The minimum atomic E-state index is -0.942. The lowest BCUT2D eigenvalue weighted by atomic mass is 9.81. The van der Waals surface area contributed by atoms with Gasteiger partial charge in [-0.15, -0.1) is 0 Å². The van der Waals surface area contributed by atoms with Gasteiger partial charge in [0.1, 0.15) is 5.75 Å². The van der Waals surface area contributed by atoms with Crippen LogP contribution in [0, 0.1) is 0 Å². The topological polar surface area (TPSA) is 68.5 Å². The van der Waals surface area contributed by atoms with E-state index in [1.54, 1.807) is 26.2 Å². The summed E-state index contributed by atoms with van der Waals surface area (Å²) in [7, 11) is 1.64. The number of ketones is 1. The molecule has 0 bridgehead atoms. The van der Waals surface area contributed by atoms with Crippen LogP contribution in [0.2, 0.25) is 0 Å². The van der Waals surface area contributed by atoms with Gasteiger partial charge in [-0.2, -0.15) is 0 Å². The zero-order chi connectivity index (χ0) is 22.4. The van der Waals surface area contributed by atoms with Crippen LogP contribution < -0.4 is 4.74 Å². The number of nitrogens with zero attached hydrogens (tertiary/aromatic N) is 1. The van der Waals surface area contributed by atoms with Crippen molar-refractivity contribution in [2.45, 2.75) is 51.5 Å². The van der Waals surface area contributed by atoms with Gasteiger partial charge in [-0.25, -0.2) is 4.79 Å². The maximum atomic E-state index is 12.5. The minimum absolute atomic E-state index is 0.0158. The van der Waals surface area contributed by atoms with Gasteiger partial charge in [0.2, 0.25) is 0 Å². The van der Waals surface area contributed by atoms with Gasteiger partial charge < -0.3 is 14.4 Å². The molecule has 3 aromatic rings. The zero-order valence-corrected chi connectivity index (χ0v) is 18.5. The SMILES string of the molecule is COc1ccc2c(c1)C=C(C(C)=O)Cn1c-2c(C2CCCCC2)c2ccc(C(=O)O)cc21. The van der Waals surface area contributed by atoms with Crippen molar-refractivity contribution in [2.75, 3.05) is 7.11 Å². The molecule has 1 fully saturated rings. The maximum Gasteiger partial charge on any atom is 0.335 e. The van der Waals surface area contributed by atoms with Crippen LogP contribution in [0.15, 0.2) is 42.0 Å². The molecule has 164 valence electrons. The van der Waals surface area contributed by atoms with Gasteiger partial charge in [0.15, 0.2) is 5.78 Å². The summed E-state index contributed by atoms with van der Waals surface area (Å²) in [5.41, 5.74) is 6.28. The van der Waals surface area contributed by atoms with Gasteiger partial charge in [-0.05, 0) is 73.2 Å². The smallest absolute Gasteiger partial charge is 0.335 e. The van der Waals surface area contributed by atoms with Gasteiger partial charge in [-0.3, -0.25) is 4.79 Å². The third-order valence-electron chi connectivity index (χ3n) is 6.99. The zero-order valence-electron chi connectivity index (χ0n) is 18.5. The van der Waals surface area contributed by atoms with Gasteiger partial charge in [0.05, 0.1) is 24.9 Å². The molecular weight excluding hydrogens is 402 g/mol. The largest absolute Gasteiger partial charge is 0.497 e. The first-order valence-electron chi connectivity index (χ1n) is 11.3. The summed E-state index contributed by atoms with van der Waals surface area (Å²) in [4.78, 5) is 24.3. The minimum Gasteiger partial charge on any atom is -0.497 e. The van der Waals surface area contributed by atoms with E-state index in [1.807, 2.05) is 24.3 Å². The fourth-order valence-corrected chi connectivity index (χ4v) is 5.39. The van der Waals surface area contributed by atoms with E-state index in [-0.39, 0.29) is 11.3 Å². The Kier molecular flexibility index (Phi) is 5.12. The molecule has 0 amide bonds. The van der Waals surface area contributed by atoms with Crippen LogP contribution in [0.4, 0.5) is 0 Å². The third-order valence-corrected chi connectivity index (χ3v) is 6.99. The van der Waals surface area contributed by atoms with Crippen LogP contribution in [0.3, 0.4) is 0 Å². The molecular formula is C27H27NO4. The number of ether oxygens (including phenoxy) is 1. The molecule has 1 saturated carbocycles. The average molecular weight is 430 g/mol. The van der Waals surface area contributed by atoms with Crippen molar-refractivity contribution in [1.82, 2.24) is 4.57 Å². The number of fused-ring (bicyclic) bond motifs is 5. The number of Topliss-reactive ketones (excluding diaryl/α,β-unsaturated/α-hetero) is 1. The summed E-state index contributed by atoms with van der Waals surface area (Å²) in [6.07, 6.45) is 7.89. The molecule has 1 aromatic heterocycles. The number of rotatable bonds is 4. The molecule has 32 heavy (non-hydrogen) atoms. The first-order valence-corrected chi connectivity index (χ1v) is 11.3. The fraction of sp³-hybridized carbons (Fsp3) is 0.333. The van der Waals surface area contributed by atoms with Gasteiger partial charge in [-0.1, -0.05) is 25.3 Å². The number of hydrogen-bond acceptors (Lipinski definition) is 3. The van der Waals surface area contributed by atoms with E-state index >= 15 is 0 Å². The Hall–Kier alpha value is -3.34. The molecule has 1 aliphatic heterocycles. The maximum absolute atomic E-state index is 12.5. The number of carboxylic acids is 1. The van der Waals surface area contributed by atoms with Crippen LogP contribution in [-0.2, 0) is 11.3 Å². The Morgan fingerprint density at radius 3 is 2.53 bits per heavy atom. The average Bonchev–Trinajstić information content (AvgIpc) is 3.01. The van der Waals surface area contributed by atoms with Crippen molar-refractivity contribution in [1.29, 1.82) is 0 Å². The van der Waals surface area contributed by atoms with Gasteiger partial charge in [0.25, 0.3) is 0 Å². The highest BCUT2D eigenvalue weighted by molar-refractivity contribution is 6.03. The molecule has 1 aliphatic carbocycles. The molecule has 2 aliphatic rings. The summed E-state index contributed by atoms with van der Waals surface area (Å²) >= 11 is 0. The van der Waals surface area contributed by atoms with E-state index in [4.69, 9.17) is 4.74 Å². The monoisotopic (exact) mass is 429 g/mol. The van der Waals surface area contributed by atoms with E-state index < -0.39 is 5.97 Å². The van der Waals surface area contributed by atoms with Gasteiger partial charge in [0, 0.05) is 22.0 Å². The molecule has 0 radical (unpaired) electrons. The lowest BCUT2D eigenvalue weighted by molar-refractivity contribution is -0.113. The summed E-state index contributed by atoms with van der Waals surface area (Å²) in [5, 5.41) is 10.7. The predicted octanol–water partition coefficient (Wildman–Crippen LogP) is 6.05. The molecule has 2 heterocycles. The number of aromatic carboxylic acids is 1. The molecule has 5 rings (SSSR count). The van der Waals surface area contributed by atoms with E-state index in [0.29, 0.717) is 18.0 Å². The third kappa shape index (κ3) is 3.32. The second-order valence-corrected chi connectivity index (χ2v) is 8.90. The Morgan fingerprint density at radius 2 is 1.84 bits per heavy atom. The van der Waals surface area contributed by atoms with Crippen molar-refractivity contribution < 1.29 is 19.4 Å². The lowest BCUT2D eigenvalue weighted by Crippen LogP contribution is -2.09. The summed E-state index contributed by atoms with van der Waals surface area (Å²) < 4.78 is 7.63. The summed E-state index contributed by atoms with van der Waals surface area (Å²) in [5.74, 6) is 0.247. The van der Waals surface area contributed by atoms with Crippen LogP contribution in [0.25, 0.3) is 28.2 Å². The predicted molar refractivity (Wildman–Crippen MR) is 125 cm³/mol. The molecule has 0 spiro atoms. The quantitative estimate of drug-likeness (QED) is 0.548. The van der Waals surface area contributed by atoms with Crippen LogP contribution in [0.5, 0.6) is 5.75 Å². The Morgan fingerprint density at radius 1 is 1.06 bits per heavy atom. The summed E-state index contributed by atoms with van der Waals surface area (Å²) in [6.45, 7) is 2.01. The number of aromatic nitrogens is 1. The van der Waals surface area contributed by atoms with E-state index in [0.717, 1.165) is 46.3 Å². The molecule has 0 unspecified atom stereocenters. The number of benzene rings is 2. The first-order chi connectivity index (χ1) is 15.5. The molecule has 5 heteroatoms. The number of methoxy groups -OCH3 is 1. The van der Waals surface area contributed by atoms with Crippen molar-refractivity contribution in [3.8, 4) is 17.0 Å². The van der Waals surface area contributed by atoms with E-state index in [9.17, 15) is 14.7 Å². The lowest BCUT2D eigenvalue weighted by Gasteiger charge is -2.24. The molecule has 0 atom stereocenters. The van der Waals surface area contributed by atoms with Crippen molar-refractivity contribution in [3.63, 3.8) is 0 Å². The molecule has 1 N–H and O–H groups in total. The molecule has 0 saturated heterocycles. The summed E-state index contributed by atoms with van der Waals surface area (Å²) in [6, 6.07) is 11.4. The standard InChI is InChI=1S/C27H27NO4/c1-16(29)20-12-19-13-21(32-2)9-11-22(19)26-25(17-6-4-3-5-7-17)23-10-8-18(27(30)31)14-24(23)28(26)15-20/h8-14,17H,3-7,15H2,1-2H3,(H,30,31). The second-order valence-electron chi connectivity index (χ2n) is 8.90. The van der Waals surface area contributed by atoms with Crippen LogP contribution in [0.1, 0.15) is 66.4 Å². The number of carbonyl (C=O) groups is 2. The second kappa shape index (κ2) is 7.97. The number of hydrogen-bond donors (Lipinski definition) is 1. The van der Waals surface area contributed by atoms with Crippen molar-refractivity contribution >= 4 is 28.7 Å². The number of carboxylic acid groups (broad SMARTS) is 1. The Bertz CT molecular complexity index is 1270. The molecule has 5 nitrogen and oxygen atoms in total. The highest BCUT2D eigenvalue weighted by atomic mass is 16.5. The van der Waals surface area contributed by atoms with E-state index in [1.165, 1.54) is 24.8 Å². The Balaban J connectivity index is 1.87. The van der Waals surface area contributed by atoms with Crippen molar-refractivity contribution in [2.24, 2.45) is 0 Å². The van der Waals surface area contributed by atoms with E-state index in [2.05, 4.69) is 10.6 Å². The van der Waals surface area contributed by atoms with Gasteiger partial charge >= 0.3 is 5.97 Å². The number of carbonyl (C=O) groups excluding carboxylic acids is 1. The Labute approximate surface area is 187 Å². The van der Waals surface area contributed by atoms with Crippen LogP contribution >= 0.6 is 0 Å². The fourth-order valence-electron chi connectivity index (χ4n) is 5.39. The highest BCUT2D eigenvalue weighted by Gasteiger charge is 2.30. The van der Waals surface area contributed by atoms with Crippen LogP contribution in [-0.4, -0.2) is 28.5 Å².